The number of halogens is 1. The molecule has 1 rings (SSSR count). The molecule has 2 N–H and O–H groups in total. The smallest absolute Gasteiger partial charge is 0.408 e. The van der Waals surface area contributed by atoms with Crippen molar-refractivity contribution < 1.29 is 14.3 Å². The molecule has 5 heteroatoms. The summed E-state index contributed by atoms with van der Waals surface area (Å²) < 4.78 is 13.6. The van der Waals surface area contributed by atoms with Crippen LogP contribution in [0.2, 0.25) is 0 Å². The number of hydrogen-bond acceptors (Lipinski definition) is 2. The molecule has 1 saturated heterocycles. The molecule has 0 radical (unpaired) electrons. The topological polar surface area (TPSA) is 52.6 Å². The molecule has 0 aromatic rings. The number of hydrogen-bond donors (Lipinski definition) is 2. The summed E-state index contributed by atoms with van der Waals surface area (Å²) >= 11 is 0. The van der Waals surface area contributed by atoms with Gasteiger partial charge < -0.3 is 10.4 Å². The number of amides is 1. The van der Waals surface area contributed by atoms with Crippen LogP contribution in [0, 0.1) is 0 Å². The van der Waals surface area contributed by atoms with E-state index in [0.717, 1.165) is 0 Å². The summed E-state index contributed by atoms with van der Waals surface area (Å²) in [6.45, 7) is 6.35. The Balaban J connectivity index is 2.83. The molecule has 0 aromatic carbocycles. The van der Waals surface area contributed by atoms with Crippen molar-refractivity contribution in [1.82, 2.24) is 10.2 Å². The van der Waals surface area contributed by atoms with Crippen LogP contribution < -0.4 is 5.32 Å². The van der Waals surface area contributed by atoms with Crippen molar-refractivity contribution in [3.05, 3.63) is 0 Å². The Morgan fingerprint density at radius 1 is 1.53 bits per heavy atom. The van der Waals surface area contributed by atoms with Crippen LogP contribution in [-0.4, -0.2) is 46.9 Å². The highest BCUT2D eigenvalue weighted by atomic mass is 19.1. The summed E-state index contributed by atoms with van der Waals surface area (Å²) in [7, 11) is 0. The Kier molecular flexibility index (Phi) is 3.54. The molecular weight excluding hydrogens is 199 g/mol. The minimum Gasteiger partial charge on any atom is -0.465 e. The zero-order valence-electron chi connectivity index (χ0n) is 9.46. The monoisotopic (exact) mass is 218 g/mol. The maximum absolute atomic E-state index is 13.6. The first-order chi connectivity index (χ1) is 6.84. The predicted octanol–water partition coefficient (Wildman–Crippen LogP) is 1.46. The number of carboxylic acid groups (broad SMARTS) is 1. The van der Waals surface area contributed by atoms with Gasteiger partial charge in [-0.25, -0.2) is 9.18 Å². The minimum atomic E-state index is -1.07. The maximum atomic E-state index is 13.6. The van der Waals surface area contributed by atoms with Crippen LogP contribution in [0.1, 0.15) is 27.2 Å². The summed E-state index contributed by atoms with van der Waals surface area (Å²) in [5, 5.41) is 12.1. The molecule has 2 unspecified atom stereocenters. The van der Waals surface area contributed by atoms with Crippen LogP contribution in [0.15, 0.2) is 0 Å². The van der Waals surface area contributed by atoms with Crippen molar-refractivity contribution in [2.45, 2.75) is 44.9 Å². The van der Waals surface area contributed by atoms with Crippen LogP contribution >= 0.6 is 0 Å². The Bertz CT molecular complexity index is 240. The van der Waals surface area contributed by atoms with E-state index in [1.165, 1.54) is 4.90 Å². The van der Waals surface area contributed by atoms with Gasteiger partial charge in [0.1, 0.15) is 6.17 Å². The first-order valence-electron chi connectivity index (χ1n) is 5.21. The van der Waals surface area contributed by atoms with Gasteiger partial charge in [-0.15, -0.1) is 0 Å². The SMILES string of the molecule is CC(C)(C)N(C(=O)O)C1CNCCC1F. The lowest BCUT2D eigenvalue weighted by Gasteiger charge is -2.42. The molecule has 1 aliphatic rings. The van der Waals surface area contributed by atoms with E-state index in [0.29, 0.717) is 19.5 Å². The molecule has 0 aromatic heterocycles. The minimum absolute atomic E-state index is 0.379. The van der Waals surface area contributed by atoms with Crippen molar-refractivity contribution in [2.75, 3.05) is 13.1 Å². The highest BCUT2D eigenvalue weighted by molar-refractivity contribution is 5.66. The largest absolute Gasteiger partial charge is 0.465 e. The third kappa shape index (κ3) is 2.81. The second kappa shape index (κ2) is 4.35. The van der Waals surface area contributed by atoms with Gasteiger partial charge in [-0.05, 0) is 33.7 Å². The zero-order valence-corrected chi connectivity index (χ0v) is 9.46. The molecule has 15 heavy (non-hydrogen) atoms. The van der Waals surface area contributed by atoms with Crippen LogP contribution in [0.4, 0.5) is 9.18 Å². The van der Waals surface area contributed by atoms with Gasteiger partial charge in [0.05, 0.1) is 6.04 Å². The van der Waals surface area contributed by atoms with E-state index in [9.17, 15) is 9.18 Å². The third-order valence-electron chi connectivity index (χ3n) is 2.63. The number of alkyl halides is 1. The van der Waals surface area contributed by atoms with Crippen molar-refractivity contribution >= 4 is 6.09 Å². The Morgan fingerprint density at radius 2 is 2.13 bits per heavy atom. The quantitative estimate of drug-likeness (QED) is 0.700. The van der Waals surface area contributed by atoms with Crippen molar-refractivity contribution in [3.8, 4) is 0 Å². The van der Waals surface area contributed by atoms with Gasteiger partial charge in [0.2, 0.25) is 0 Å². The summed E-state index contributed by atoms with van der Waals surface area (Å²) in [5.74, 6) is 0. The zero-order chi connectivity index (χ0) is 11.6. The van der Waals surface area contributed by atoms with E-state index in [1.807, 2.05) is 0 Å². The van der Waals surface area contributed by atoms with Crippen LogP contribution in [0.5, 0.6) is 0 Å². The molecule has 2 atom stereocenters. The molecule has 0 aliphatic carbocycles. The van der Waals surface area contributed by atoms with Gasteiger partial charge in [0.25, 0.3) is 0 Å². The first kappa shape index (κ1) is 12.2. The second-order valence-corrected chi connectivity index (χ2v) is 4.90. The fourth-order valence-electron chi connectivity index (χ4n) is 1.99. The normalized spacial score (nSPS) is 27.5. The van der Waals surface area contributed by atoms with E-state index >= 15 is 0 Å². The fraction of sp³-hybridized carbons (Fsp3) is 0.900. The average molecular weight is 218 g/mol. The van der Waals surface area contributed by atoms with E-state index in [4.69, 9.17) is 5.11 Å². The lowest BCUT2D eigenvalue weighted by molar-refractivity contribution is 0.0265. The van der Waals surface area contributed by atoms with E-state index in [2.05, 4.69) is 5.32 Å². The number of nitrogens with zero attached hydrogens (tertiary/aromatic N) is 1. The highest BCUT2D eigenvalue weighted by Crippen LogP contribution is 2.23. The van der Waals surface area contributed by atoms with Crippen LogP contribution in [-0.2, 0) is 0 Å². The first-order valence-corrected chi connectivity index (χ1v) is 5.21. The van der Waals surface area contributed by atoms with Crippen LogP contribution in [0.3, 0.4) is 0 Å². The van der Waals surface area contributed by atoms with Gasteiger partial charge in [0.15, 0.2) is 0 Å². The van der Waals surface area contributed by atoms with Crippen molar-refractivity contribution in [2.24, 2.45) is 0 Å². The van der Waals surface area contributed by atoms with E-state index in [1.54, 1.807) is 20.8 Å². The fourth-order valence-corrected chi connectivity index (χ4v) is 1.99. The van der Waals surface area contributed by atoms with Gasteiger partial charge in [-0.2, -0.15) is 0 Å². The maximum Gasteiger partial charge on any atom is 0.408 e. The summed E-state index contributed by atoms with van der Waals surface area (Å²) in [5.41, 5.74) is -0.570. The molecule has 1 amide bonds. The molecule has 1 heterocycles. The van der Waals surface area contributed by atoms with Gasteiger partial charge >= 0.3 is 6.09 Å². The standard InChI is InChI=1S/C10H19FN2O2/c1-10(2,3)13(9(14)15)8-6-12-5-4-7(8)11/h7-8,12H,4-6H2,1-3H3,(H,14,15). The Morgan fingerprint density at radius 3 is 2.53 bits per heavy atom. The summed E-state index contributed by atoms with van der Waals surface area (Å²) in [6, 6.07) is -0.573. The van der Waals surface area contributed by atoms with Gasteiger partial charge in [-0.1, -0.05) is 0 Å². The lowest BCUT2D eigenvalue weighted by Crippen LogP contribution is -2.60. The summed E-state index contributed by atoms with van der Waals surface area (Å²) in [4.78, 5) is 12.3. The number of carbonyl (C=O) groups is 1. The van der Waals surface area contributed by atoms with Gasteiger partial charge in [0, 0.05) is 12.1 Å². The average Bonchev–Trinajstić information content (AvgIpc) is 2.05. The highest BCUT2D eigenvalue weighted by Gasteiger charge is 2.39. The van der Waals surface area contributed by atoms with E-state index in [-0.39, 0.29) is 0 Å². The molecule has 0 spiro atoms. The predicted molar refractivity (Wildman–Crippen MR) is 55.8 cm³/mol. The van der Waals surface area contributed by atoms with Gasteiger partial charge in [-0.3, -0.25) is 4.90 Å². The van der Waals surface area contributed by atoms with Crippen molar-refractivity contribution in [3.63, 3.8) is 0 Å². The molecule has 1 aliphatic heterocycles. The lowest BCUT2D eigenvalue weighted by atomic mass is 9.97. The molecule has 0 saturated carbocycles. The summed E-state index contributed by atoms with van der Waals surface area (Å²) in [6.07, 6.45) is -1.75. The van der Waals surface area contributed by atoms with Crippen molar-refractivity contribution in [1.29, 1.82) is 0 Å². The molecular formula is C10H19FN2O2. The third-order valence-corrected chi connectivity index (χ3v) is 2.63. The van der Waals surface area contributed by atoms with Crippen LogP contribution in [0.25, 0.3) is 0 Å². The number of rotatable bonds is 1. The number of nitrogens with one attached hydrogen (secondary N) is 1. The molecule has 4 nitrogen and oxygen atoms in total. The molecule has 1 fully saturated rings. The number of piperidine rings is 1. The molecule has 0 bridgehead atoms. The Hall–Kier alpha value is -0.840. The Labute approximate surface area is 89.4 Å². The molecule has 88 valence electrons. The second-order valence-electron chi connectivity index (χ2n) is 4.90. The van der Waals surface area contributed by atoms with E-state index < -0.39 is 23.8 Å².